The summed E-state index contributed by atoms with van der Waals surface area (Å²) in [5.74, 6) is -1.61. The van der Waals surface area contributed by atoms with Crippen molar-refractivity contribution in [1.29, 1.82) is 0 Å². The van der Waals surface area contributed by atoms with E-state index in [1.54, 1.807) is 0 Å². The van der Waals surface area contributed by atoms with Crippen molar-refractivity contribution in [3.63, 3.8) is 0 Å². The van der Waals surface area contributed by atoms with Crippen molar-refractivity contribution in [1.82, 2.24) is 0 Å². The monoisotopic (exact) mass is 272 g/mol. The fourth-order valence-corrected chi connectivity index (χ4v) is 1.40. The van der Waals surface area contributed by atoms with Crippen LogP contribution in [0, 0.1) is 0 Å². The molecule has 0 saturated carbocycles. The van der Waals surface area contributed by atoms with Crippen LogP contribution in [0.15, 0.2) is 18.2 Å². The average molecular weight is 273 g/mol. The minimum atomic E-state index is -1.11. The minimum absolute atomic E-state index is 0.0232. The highest BCUT2D eigenvalue weighted by molar-refractivity contribution is 6.33. The van der Waals surface area contributed by atoms with Crippen molar-refractivity contribution in [2.24, 2.45) is 5.73 Å². The van der Waals surface area contributed by atoms with Gasteiger partial charge >= 0.3 is 5.97 Å². The van der Waals surface area contributed by atoms with Crippen LogP contribution < -0.4 is 11.1 Å². The maximum atomic E-state index is 11.6. The molecule has 1 unspecified atom stereocenters. The van der Waals surface area contributed by atoms with Gasteiger partial charge in [0.2, 0.25) is 5.91 Å². The molecule has 98 valence electrons. The number of nitrogens with two attached hydrogens (primary N) is 1. The number of hydrogen-bond donors (Lipinski definition) is 3. The van der Waals surface area contributed by atoms with Crippen LogP contribution in [0.3, 0.4) is 0 Å². The molecule has 18 heavy (non-hydrogen) atoms. The van der Waals surface area contributed by atoms with Gasteiger partial charge in [-0.3, -0.25) is 4.79 Å². The number of halogens is 1. The van der Waals surface area contributed by atoms with Gasteiger partial charge in [0.15, 0.2) is 0 Å². The standard InChI is InChI=1S/C11H13ClN2O4/c1-18-5-8(13)10(15)14-9-4-6(11(16)17)2-3-7(9)12/h2-4,8H,5,13H2,1H3,(H,14,15)(H,16,17). The zero-order chi connectivity index (χ0) is 13.7. The molecule has 0 heterocycles. The summed E-state index contributed by atoms with van der Waals surface area (Å²) >= 11 is 5.85. The Bertz CT molecular complexity index is 464. The molecule has 0 fully saturated rings. The number of methoxy groups -OCH3 is 1. The van der Waals surface area contributed by atoms with Crippen molar-refractivity contribution in [3.8, 4) is 0 Å². The van der Waals surface area contributed by atoms with Gasteiger partial charge in [0.1, 0.15) is 6.04 Å². The summed E-state index contributed by atoms with van der Waals surface area (Å²) in [5.41, 5.74) is 5.75. The van der Waals surface area contributed by atoms with E-state index in [4.69, 9.17) is 27.2 Å². The van der Waals surface area contributed by atoms with E-state index in [-0.39, 0.29) is 22.9 Å². The molecule has 0 aliphatic rings. The van der Waals surface area contributed by atoms with Gasteiger partial charge in [-0.2, -0.15) is 0 Å². The largest absolute Gasteiger partial charge is 0.478 e. The zero-order valence-electron chi connectivity index (χ0n) is 9.64. The third kappa shape index (κ3) is 3.69. The van der Waals surface area contributed by atoms with Gasteiger partial charge in [-0.1, -0.05) is 11.6 Å². The average Bonchev–Trinajstić information content (AvgIpc) is 2.31. The highest BCUT2D eigenvalue weighted by Gasteiger charge is 2.15. The van der Waals surface area contributed by atoms with Crippen LogP contribution in [0.4, 0.5) is 5.69 Å². The lowest BCUT2D eigenvalue weighted by Gasteiger charge is -2.12. The fraction of sp³-hybridized carbons (Fsp3) is 0.273. The molecular weight excluding hydrogens is 260 g/mol. The Morgan fingerprint density at radius 3 is 2.78 bits per heavy atom. The summed E-state index contributed by atoms with van der Waals surface area (Å²) in [6.45, 7) is 0.0576. The van der Waals surface area contributed by atoms with Gasteiger partial charge in [0, 0.05) is 7.11 Å². The molecule has 7 heteroatoms. The number of amides is 1. The number of carboxylic acids is 1. The SMILES string of the molecule is COCC(N)C(=O)Nc1cc(C(=O)O)ccc1Cl. The molecule has 4 N–H and O–H groups in total. The first kappa shape index (κ1) is 14.4. The van der Waals surface area contributed by atoms with Crippen molar-refractivity contribution >= 4 is 29.2 Å². The zero-order valence-corrected chi connectivity index (χ0v) is 10.4. The molecule has 6 nitrogen and oxygen atoms in total. The van der Waals surface area contributed by atoms with Crippen molar-refractivity contribution in [3.05, 3.63) is 28.8 Å². The predicted molar refractivity (Wildman–Crippen MR) is 66.9 cm³/mol. The number of carbonyl (C=O) groups excluding carboxylic acids is 1. The van der Waals surface area contributed by atoms with E-state index in [0.717, 1.165) is 0 Å². The summed E-state index contributed by atoms with van der Waals surface area (Å²) in [5, 5.41) is 11.5. The highest BCUT2D eigenvalue weighted by Crippen LogP contribution is 2.23. The van der Waals surface area contributed by atoms with Crippen molar-refractivity contribution in [2.75, 3.05) is 19.0 Å². The second-order valence-electron chi connectivity index (χ2n) is 3.55. The van der Waals surface area contributed by atoms with Gasteiger partial charge in [-0.15, -0.1) is 0 Å². The lowest BCUT2D eigenvalue weighted by atomic mass is 10.2. The van der Waals surface area contributed by atoms with E-state index in [1.807, 2.05) is 0 Å². The molecule has 1 aromatic carbocycles. The number of aromatic carboxylic acids is 1. The minimum Gasteiger partial charge on any atom is -0.478 e. The topological polar surface area (TPSA) is 102 Å². The number of rotatable bonds is 5. The summed E-state index contributed by atoms with van der Waals surface area (Å²) in [4.78, 5) is 22.4. The van der Waals surface area contributed by atoms with E-state index in [9.17, 15) is 9.59 Å². The molecule has 1 aromatic rings. The number of hydrogen-bond acceptors (Lipinski definition) is 4. The Morgan fingerprint density at radius 1 is 1.56 bits per heavy atom. The van der Waals surface area contributed by atoms with Gasteiger partial charge in [0.05, 0.1) is 22.9 Å². The molecule has 0 radical (unpaired) electrons. The molecule has 1 rings (SSSR count). The Balaban J connectivity index is 2.86. The first-order chi connectivity index (χ1) is 8.45. The quantitative estimate of drug-likeness (QED) is 0.741. The van der Waals surface area contributed by atoms with Crippen molar-refractivity contribution in [2.45, 2.75) is 6.04 Å². The van der Waals surface area contributed by atoms with E-state index in [0.29, 0.717) is 0 Å². The maximum Gasteiger partial charge on any atom is 0.335 e. The van der Waals surface area contributed by atoms with Crippen LogP contribution in [0.2, 0.25) is 5.02 Å². The Kier molecular flexibility index (Phi) is 5.08. The number of anilines is 1. The van der Waals surface area contributed by atoms with Crippen LogP contribution in [0.25, 0.3) is 0 Å². The third-order valence-electron chi connectivity index (χ3n) is 2.15. The van der Waals surface area contributed by atoms with Crippen LogP contribution in [-0.2, 0) is 9.53 Å². The second-order valence-corrected chi connectivity index (χ2v) is 3.96. The molecule has 1 amide bonds. The number of carbonyl (C=O) groups is 2. The van der Waals surface area contributed by atoms with Crippen LogP contribution in [-0.4, -0.2) is 36.7 Å². The Hall–Kier alpha value is -1.63. The van der Waals surface area contributed by atoms with Crippen LogP contribution in [0.5, 0.6) is 0 Å². The molecule has 0 aliphatic carbocycles. The molecular formula is C11H13ClN2O4. The molecule has 0 bridgehead atoms. The van der Waals surface area contributed by atoms with Crippen LogP contribution >= 0.6 is 11.6 Å². The second kappa shape index (κ2) is 6.34. The highest BCUT2D eigenvalue weighted by atomic mass is 35.5. The number of benzene rings is 1. The molecule has 0 aliphatic heterocycles. The van der Waals surface area contributed by atoms with Gasteiger partial charge in [-0.05, 0) is 18.2 Å². The smallest absolute Gasteiger partial charge is 0.335 e. The molecule has 1 atom stereocenters. The lowest BCUT2D eigenvalue weighted by molar-refractivity contribution is -0.118. The number of carboxylic acid groups (broad SMARTS) is 1. The Morgan fingerprint density at radius 2 is 2.22 bits per heavy atom. The first-order valence-electron chi connectivity index (χ1n) is 5.04. The van der Waals surface area contributed by atoms with E-state index >= 15 is 0 Å². The number of ether oxygens (including phenoxy) is 1. The summed E-state index contributed by atoms with van der Waals surface area (Å²) in [6, 6.07) is 3.15. The van der Waals surface area contributed by atoms with E-state index < -0.39 is 17.9 Å². The third-order valence-corrected chi connectivity index (χ3v) is 2.48. The maximum absolute atomic E-state index is 11.6. The lowest BCUT2D eigenvalue weighted by Crippen LogP contribution is -2.39. The molecule has 0 aromatic heterocycles. The molecule has 0 saturated heterocycles. The summed E-state index contributed by atoms with van der Waals surface area (Å²) < 4.78 is 4.74. The fourth-order valence-electron chi connectivity index (χ4n) is 1.23. The summed E-state index contributed by atoms with van der Waals surface area (Å²) in [6.07, 6.45) is 0. The normalized spacial score (nSPS) is 11.9. The van der Waals surface area contributed by atoms with Crippen LogP contribution in [0.1, 0.15) is 10.4 Å². The Labute approximate surface area is 109 Å². The van der Waals surface area contributed by atoms with Gasteiger partial charge in [-0.25, -0.2) is 4.79 Å². The van der Waals surface area contributed by atoms with E-state index in [1.165, 1.54) is 25.3 Å². The molecule has 0 spiro atoms. The summed E-state index contributed by atoms with van der Waals surface area (Å²) in [7, 11) is 1.42. The van der Waals surface area contributed by atoms with Crippen molar-refractivity contribution < 1.29 is 19.4 Å². The first-order valence-corrected chi connectivity index (χ1v) is 5.41. The predicted octanol–water partition coefficient (Wildman–Crippen LogP) is 0.950. The van der Waals surface area contributed by atoms with Gasteiger partial charge < -0.3 is 20.9 Å². The van der Waals surface area contributed by atoms with E-state index in [2.05, 4.69) is 5.32 Å². The van der Waals surface area contributed by atoms with Gasteiger partial charge in [0.25, 0.3) is 0 Å². The number of nitrogens with one attached hydrogen (secondary N) is 1.